The second-order valence-electron chi connectivity index (χ2n) is 4.90. The molecule has 1 heterocycles. The molecule has 104 valence electrons. The Balaban J connectivity index is 2.07. The van der Waals surface area contributed by atoms with E-state index >= 15 is 0 Å². The molecule has 0 radical (unpaired) electrons. The number of nitrogens with zero attached hydrogens (tertiary/aromatic N) is 1. The molecule has 0 bridgehead atoms. The molecule has 1 aromatic carbocycles. The van der Waals surface area contributed by atoms with Gasteiger partial charge in [-0.3, -0.25) is 9.69 Å². The minimum atomic E-state index is -0.754. The van der Waals surface area contributed by atoms with Crippen molar-refractivity contribution in [1.29, 1.82) is 0 Å². The van der Waals surface area contributed by atoms with Crippen LogP contribution in [0, 0.1) is 0 Å². The highest BCUT2D eigenvalue weighted by Crippen LogP contribution is 2.19. The second-order valence-corrected chi connectivity index (χ2v) is 4.90. The first-order chi connectivity index (χ1) is 9.20. The smallest absolute Gasteiger partial charge is 0.312 e. The van der Waals surface area contributed by atoms with Gasteiger partial charge in [0.05, 0.1) is 19.1 Å². The van der Waals surface area contributed by atoms with E-state index < -0.39 is 11.9 Å². The van der Waals surface area contributed by atoms with Crippen molar-refractivity contribution in [2.45, 2.75) is 19.3 Å². The van der Waals surface area contributed by atoms with Gasteiger partial charge in [-0.2, -0.15) is 0 Å². The molecule has 1 saturated heterocycles. The Bertz CT molecular complexity index is 410. The van der Waals surface area contributed by atoms with E-state index in [1.165, 1.54) is 5.56 Å². The number of rotatable bonds is 5. The summed E-state index contributed by atoms with van der Waals surface area (Å²) in [6.45, 7) is 5.68. The van der Waals surface area contributed by atoms with E-state index in [4.69, 9.17) is 4.74 Å². The molecule has 0 aliphatic carbocycles. The SMILES string of the molecule is CCc1ccc(C(CN2CCOCC2)C(=O)O)cc1. The molecule has 1 atom stereocenters. The summed E-state index contributed by atoms with van der Waals surface area (Å²) < 4.78 is 5.29. The molecule has 4 nitrogen and oxygen atoms in total. The van der Waals surface area contributed by atoms with Crippen molar-refractivity contribution in [1.82, 2.24) is 4.90 Å². The standard InChI is InChI=1S/C15H21NO3/c1-2-12-3-5-13(6-4-12)14(15(17)18)11-16-7-9-19-10-8-16/h3-6,14H,2,7-11H2,1H3,(H,17,18). The minimum Gasteiger partial charge on any atom is -0.481 e. The van der Waals surface area contributed by atoms with Crippen molar-refractivity contribution in [3.05, 3.63) is 35.4 Å². The van der Waals surface area contributed by atoms with E-state index in [-0.39, 0.29) is 0 Å². The number of benzene rings is 1. The monoisotopic (exact) mass is 263 g/mol. The molecule has 0 aromatic heterocycles. The summed E-state index contributed by atoms with van der Waals surface area (Å²) in [6, 6.07) is 7.92. The van der Waals surface area contributed by atoms with Gasteiger partial charge in [0.2, 0.25) is 0 Å². The van der Waals surface area contributed by atoms with Crippen molar-refractivity contribution in [3.8, 4) is 0 Å². The Morgan fingerprint density at radius 1 is 1.32 bits per heavy atom. The van der Waals surface area contributed by atoms with E-state index in [2.05, 4.69) is 11.8 Å². The predicted molar refractivity (Wildman–Crippen MR) is 73.5 cm³/mol. The van der Waals surface area contributed by atoms with Gasteiger partial charge in [0.1, 0.15) is 0 Å². The number of carbonyl (C=O) groups is 1. The average Bonchev–Trinajstić information content (AvgIpc) is 2.46. The summed E-state index contributed by atoms with van der Waals surface area (Å²) in [7, 11) is 0. The van der Waals surface area contributed by atoms with Gasteiger partial charge in [0.15, 0.2) is 0 Å². The molecule has 4 heteroatoms. The fourth-order valence-electron chi connectivity index (χ4n) is 2.35. The Morgan fingerprint density at radius 3 is 2.47 bits per heavy atom. The van der Waals surface area contributed by atoms with Gasteiger partial charge >= 0.3 is 5.97 Å². The van der Waals surface area contributed by atoms with Crippen LogP contribution in [0.5, 0.6) is 0 Å². The topological polar surface area (TPSA) is 49.8 Å². The molecule has 0 amide bonds. The molecule has 1 unspecified atom stereocenters. The summed E-state index contributed by atoms with van der Waals surface area (Å²) in [4.78, 5) is 13.6. The number of hydrogen-bond acceptors (Lipinski definition) is 3. The largest absolute Gasteiger partial charge is 0.481 e. The highest BCUT2D eigenvalue weighted by molar-refractivity contribution is 5.76. The van der Waals surface area contributed by atoms with E-state index in [0.29, 0.717) is 19.8 Å². The molecular weight excluding hydrogens is 242 g/mol. The summed E-state index contributed by atoms with van der Waals surface area (Å²) in [6.07, 6.45) is 0.974. The Morgan fingerprint density at radius 2 is 1.95 bits per heavy atom. The summed E-state index contributed by atoms with van der Waals surface area (Å²) >= 11 is 0. The molecule has 1 aromatic rings. The van der Waals surface area contributed by atoms with Crippen LogP contribution in [-0.4, -0.2) is 48.8 Å². The van der Waals surface area contributed by atoms with Crippen molar-refractivity contribution < 1.29 is 14.6 Å². The summed E-state index contributed by atoms with van der Waals surface area (Å²) in [5, 5.41) is 9.43. The third kappa shape index (κ3) is 3.78. The van der Waals surface area contributed by atoms with E-state index in [1.54, 1.807) is 0 Å². The lowest BCUT2D eigenvalue weighted by atomic mass is 9.97. The number of aliphatic carboxylic acids is 1. The van der Waals surface area contributed by atoms with Crippen LogP contribution in [0.1, 0.15) is 24.0 Å². The van der Waals surface area contributed by atoms with E-state index in [1.807, 2.05) is 24.3 Å². The zero-order valence-electron chi connectivity index (χ0n) is 11.3. The first-order valence-electron chi connectivity index (χ1n) is 6.82. The number of morpholine rings is 1. The van der Waals surface area contributed by atoms with Gasteiger partial charge in [-0.15, -0.1) is 0 Å². The maximum atomic E-state index is 11.5. The van der Waals surface area contributed by atoms with Crippen LogP contribution >= 0.6 is 0 Å². The third-order valence-corrected chi connectivity index (χ3v) is 3.63. The lowest BCUT2D eigenvalue weighted by molar-refractivity contribution is -0.139. The van der Waals surface area contributed by atoms with Crippen LogP contribution in [0.3, 0.4) is 0 Å². The van der Waals surface area contributed by atoms with Crippen molar-refractivity contribution in [2.75, 3.05) is 32.8 Å². The normalized spacial score (nSPS) is 18.2. The van der Waals surface area contributed by atoms with Crippen molar-refractivity contribution >= 4 is 5.97 Å². The fraction of sp³-hybridized carbons (Fsp3) is 0.533. The van der Waals surface area contributed by atoms with Crippen LogP contribution in [0.15, 0.2) is 24.3 Å². The molecule has 19 heavy (non-hydrogen) atoms. The molecule has 1 aliphatic heterocycles. The highest BCUT2D eigenvalue weighted by Gasteiger charge is 2.24. The second kappa shape index (κ2) is 6.68. The lowest BCUT2D eigenvalue weighted by Gasteiger charge is -2.29. The number of hydrogen-bond donors (Lipinski definition) is 1. The summed E-state index contributed by atoms with van der Waals surface area (Å²) in [5.74, 6) is -1.21. The molecule has 1 fully saturated rings. The minimum absolute atomic E-state index is 0.455. The van der Waals surface area contributed by atoms with Crippen LogP contribution in [0.25, 0.3) is 0 Å². The Labute approximate surface area is 114 Å². The van der Waals surface area contributed by atoms with Gasteiger partial charge in [-0.1, -0.05) is 31.2 Å². The molecule has 1 aliphatic rings. The van der Waals surface area contributed by atoms with Gasteiger partial charge in [0.25, 0.3) is 0 Å². The van der Waals surface area contributed by atoms with Crippen molar-refractivity contribution in [3.63, 3.8) is 0 Å². The number of aryl methyl sites for hydroxylation is 1. The van der Waals surface area contributed by atoms with Crippen LogP contribution in [0.4, 0.5) is 0 Å². The maximum absolute atomic E-state index is 11.5. The highest BCUT2D eigenvalue weighted by atomic mass is 16.5. The Kier molecular flexibility index (Phi) is 4.93. The van der Waals surface area contributed by atoms with Crippen LogP contribution < -0.4 is 0 Å². The first-order valence-corrected chi connectivity index (χ1v) is 6.82. The van der Waals surface area contributed by atoms with E-state index in [0.717, 1.165) is 25.1 Å². The molecule has 0 saturated carbocycles. The van der Waals surface area contributed by atoms with E-state index in [9.17, 15) is 9.90 Å². The molecule has 0 spiro atoms. The van der Waals surface area contributed by atoms with Gasteiger partial charge < -0.3 is 9.84 Å². The van der Waals surface area contributed by atoms with Crippen LogP contribution in [-0.2, 0) is 16.0 Å². The lowest BCUT2D eigenvalue weighted by Crippen LogP contribution is -2.40. The molecular formula is C15H21NO3. The quantitative estimate of drug-likeness (QED) is 0.879. The first kappa shape index (κ1) is 14.0. The van der Waals surface area contributed by atoms with Crippen LogP contribution in [0.2, 0.25) is 0 Å². The number of carboxylic acids is 1. The Hall–Kier alpha value is -1.39. The van der Waals surface area contributed by atoms with Gasteiger partial charge in [-0.05, 0) is 17.5 Å². The van der Waals surface area contributed by atoms with Gasteiger partial charge in [-0.25, -0.2) is 0 Å². The van der Waals surface area contributed by atoms with Gasteiger partial charge in [0, 0.05) is 19.6 Å². The van der Waals surface area contributed by atoms with Crippen molar-refractivity contribution in [2.24, 2.45) is 0 Å². The molecule has 2 rings (SSSR count). The predicted octanol–water partition coefficient (Wildman–Crippen LogP) is 1.75. The zero-order chi connectivity index (χ0) is 13.7. The maximum Gasteiger partial charge on any atom is 0.312 e. The number of ether oxygens (including phenoxy) is 1. The average molecular weight is 263 g/mol. The molecule has 1 N–H and O–H groups in total. The number of carboxylic acid groups (broad SMARTS) is 1. The third-order valence-electron chi connectivity index (χ3n) is 3.63. The fourth-order valence-corrected chi connectivity index (χ4v) is 2.35. The zero-order valence-corrected chi connectivity index (χ0v) is 11.3. The summed E-state index contributed by atoms with van der Waals surface area (Å²) in [5.41, 5.74) is 2.12.